The van der Waals surface area contributed by atoms with Crippen LogP contribution in [0.2, 0.25) is 0 Å². The molecule has 0 atom stereocenters. The van der Waals surface area contributed by atoms with E-state index in [-0.39, 0.29) is 0 Å². The van der Waals surface area contributed by atoms with Crippen LogP contribution in [0.25, 0.3) is 10.2 Å². The Hall–Kier alpha value is -1.36. The van der Waals surface area contributed by atoms with Crippen molar-refractivity contribution in [2.24, 2.45) is 0 Å². The molecule has 0 aliphatic heterocycles. The Kier molecular flexibility index (Phi) is 2.49. The lowest BCUT2D eigenvalue weighted by molar-refractivity contribution is 0.331. The first-order valence-corrected chi connectivity index (χ1v) is 5.29. The van der Waals surface area contributed by atoms with E-state index in [0.29, 0.717) is 18.4 Å². The van der Waals surface area contributed by atoms with Crippen LogP contribution in [0.1, 0.15) is 6.92 Å². The monoisotopic (exact) mass is 209 g/mol. The van der Waals surface area contributed by atoms with Crippen molar-refractivity contribution in [3.63, 3.8) is 0 Å². The first kappa shape index (κ1) is 9.21. The Balaban J connectivity index is 2.58. The molecule has 2 rings (SSSR count). The molecular formula is C9H11N3OS. The van der Waals surface area contributed by atoms with Crippen LogP contribution < -0.4 is 10.1 Å². The molecule has 0 amide bonds. The van der Waals surface area contributed by atoms with Crippen molar-refractivity contribution in [2.45, 2.75) is 6.92 Å². The fourth-order valence-corrected chi connectivity index (χ4v) is 1.94. The first-order valence-electron chi connectivity index (χ1n) is 4.41. The summed E-state index contributed by atoms with van der Waals surface area (Å²) in [6, 6.07) is 1.98. The number of nitrogens with one attached hydrogen (secondary N) is 1. The molecule has 0 radical (unpaired) electrons. The number of aromatic nitrogens is 2. The Morgan fingerprint density at radius 2 is 2.36 bits per heavy atom. The van der Waals surface area contributed by atoms with Crippen LogP contribution in [0, 0.1) is 0 Å². The SMILES string of the molecule is CCOc1nc(NC)nc2sccc12. The molecule has 2 heterocycles. The van der Waals surface area contributed by atoms with Gasteiger partial charge in [-0.05, 0) is 18.4 Å². The highest BCUT2D eigenvalue weighted by molar-refractivity contribution is 7.16. The number of anilines is 1. The minimum atomic E-state index is 0.600. The second kappa shape index (κ2) is 3.79. The van der Waals surface area contributed by atoms with Gasteiger partial charge in [-0.3, -0.25) is 0 Å². The summed E-state index contributed by atoms with van der Waals surface area (Å²) in [5, 5.41) is 5.88. The molecule has 4 nitrogen and oxygen atoms in total. The molecule has 0 aliphatic rings. The standard InChI is InChI=1S/C9H11N3OS/c1-3-13-7-6-4-5-14-8(6)12-9(10-2)11-7/h4-5H,3H2,1-2H3,(H,10,11,12). The maximum absolute atomic E-state index is 5.44. The third-order valence-corrected chi connectivity index (χ3v) is 2.60. The van der Waals surface area contributed by atoms with Crippen LogP contribution in [-0.2, 0) is 0 Å². The Labute approximate surface area is 86.0 Å². The van der Waals surface area contributed by atoms with E-state index in [1.807, 2.05) is 18.4 Å². The quantitative estimate of drug-likeness (QED) is 0.841. The lowest BCUT2D eigenvalue weighted by atomic mass is 10.4. The minimum absolute atomic E-state index is 0.600. The predicted molar refractivity (Wildman–Crippen MR) is 58.1 cm³/mol. The third-order valence-electron chi connectivity index (χ3n) is 1.79. The summed E-state index contributed by atoms with van der Waals surface area (Å²) >= 11 is 1.59. The third kappa shape index (κ3) is 1.50. The number of rotatable bonds is 3. The summed E-state index contributed by atoms with van der Waals surface area (Å²) in [6.45, 7) is 2.56. The fourth-order valence-electron chi connectivity index (χ4n) is 1.19. The Bertz CT molecular complexity index is 441. The van der Waals surface area contributed by atoms with Crippen LogP contribution >= 0.6 is 11.3 Å². The van der Waals surface area contributed by atoms with Gasteiger partial charge in [-0.15, -0.1) is 11.3 Å². The maximum Gasteiger partial charge on any atom is 0.227 e. The van der Waals surface area contributed by atoms with Crippen molar-refractivity contribution < 1.29 is 4.74 Å². The zero-order valence-electron chi connectivity index (χ0n) is 8.07. The molecule has 0 aromatic carbocycles. The normalized spacial score (nSPS) is 10.4. The lowest BCUT2D eigenvalue weighted by Gasteiger charge is -2.05. The first-order chi connectivity index (χ1) is 6.85. The van der Waals surface area contributed by atoms with E-state index in [9.17, 15) is 0 Å². The second-order valence-corrected chi connectivity index (χ2v) is 3.57. The molecule has 0 spiro atoms. The molecule has 0 aliphatic carbocycles. The maximum atomic E-state index is 5.44. The number of nitrogens with zero attached hydrogens (tertiary/aromatic N) is 2. The van der Waals surface area contributed by atoms with Gasteiger partial charge in [-0.25, -0.2) is 4.98 Å². The highest BCUT2D eigenvalue weighted by atomic mass is 32.1. The van der Waals surface area contributed by atoms with Crippen molar-refractivity contribution in [2.75, 3.05) is 19.0 Å². The second-order valence-electron chi connectivity index (χ2n) is 2.67. The van der Waals surface area contributed by atoms with Gasteiger partial charge in [0, 0.05) is 7.05 Å². The summed E-state index contributed by atoms with van der Waals surface area (Å²) in [5.74, 6) is 1.26. The molecule has 74 valence electrons. The molecule has 0 unspecified atom stereocenters. The van der Waals surface area contributed by atoms with Gasteiger partial charge in [0.2, 0.25) is 11.8 Å². The summed E-state index contributed by atoms with van der Waals surface area (Å²) < 4.78 is 5.44. The lowest BCUT2D eigenvalue weighted by Crippen LogP contribution is -2.00. The van der Waals surface area contributed by atoms with Crippen molar-refractivity contribution in [1.82, 2.24) is 9.97 Å². The smallest absolute Gasteiger partial charge is 0.227 e. The van der Waals surface area contributed by atoms with Crippen LogP contribution in [0.4, 0.5) is 5.95 Å². The number of ether oxygens (including phenoxy) is 1. The fraction of sp³-hybridized carbons (Fsp3) is 0.333. The molecule has 1 N–H and O–H groups in total. The largest absolute Gasteiger partial charge is 0.477 e. The number of fused-ring (bicyclic) bond motifs is 1. The molecule has 14 heavy (non-hydrogen) atoms. The minimum Gasteiger partial charge on any atom is -0.477 e. The van der Waals surface area contributed by atoms with Crippen LogP contribution in [0.15, 0.2) is 11.4 Å². The van der Waals surface area contributed by atoms with Crippen molar-refractivity contribution >= 4 is 27.5 Å². The zero-order valence-corrected chi connectivity index (χ0v) is 8.89. The van der Waals surface area contributed by atoms with E-state index in [4.69, 9.17) is 4.74 Å². The van der Waals surface area contributed by atoms with E-state index < -0.39 is 0 Å². The van der Waals surface area contributed by atoms with Gasteiger partial charge in [0.25, 0.3) is 0 Å². The van der Waals surface area contributed by atoms with E-state index in [0.717, 1.165) is 10.2 Å². The number of hydrogen-bond donors (Lipinski definition) is 1. The Morgan fingerprint density at radius 1 is 1.50 bits per heavy atom. The summed E-state index contributed by atoms with van der Waals surface area (Å²) in [4.78, 5) is 9.51. The highest BCUT2D eigenvalue weighted by Gasteiger charge is 2.08. The van der Waals surface area contributed by atoms with Gasteiger partial charge >= 0.3 is 0 Å². The van der Waals surface area contributed by atoms with Gasteiger partial charge in [0.1, 0.15) is 4.83 Å². The summed E-state index contributed by atoms with van der Waals surface area (Å²) in [6.07, 6.45) is 0. The van der Waals surface area contributed by atoms with Crippen LogP contribution in [0.3, 0.4) is 0 Å². The molecule has 0 saturated heterocycles. The van der Waals surface area contributed by atoms with E-state index in [1.54, 1.807) is 18.4 Å². The van der Waals surface area contributed by atoms with Gasteiger partial charge < -0.3 is 10.1 Å². The molecule has 0 saturated carbocycles. The van der Waals surface area contributed by atoms with Crippen molar-refractivity contribution in [3.05, 3.63) is 11.4 Å². The zero-order chi connectivity index (χ0) is 9.97. The molecular weight excluding hydrogens is 198 g/mol. The Morgan fingerprint density at radius 3 is 3.07 bits per heavy atom. The molecule has 0 bridgehead atoms. The van der Waals surface area contributed by atoms with Crippen LogP contribution in [-0.4, -0.2) is 23.6 Å². The molecule has 2 aromatic rings. The van der Waals surface area contributed by atoms with E-state index in [2.05, 4.69) is 15.3 Å². The number of thiophene rings is 1. The van der Waals surface area contributed by atoms with Gasteiger partial charge in [-0.1, -0.05) is 0 Å². The highest BCUT2D eigenvalue weighted by Crippen LogP contribution is 2.27. The predicted octanol–water partition coefficient (Wildman–Crippen LogP) is 2.13. The van der Waals surface area contributed by atoms with Gasteiger partial charge in [0.15, 0.2) is 0 Å². The van der Waals surface area contributed by atoms with Gasteiger partial charge in [-0.2, -0.15) is 4.98 Å². The molecule has 5 heteroatoms. The van der Waals surface area contributed by atoms with E-state index in [1.165, 1.54) is 0 Å². The van der Waals surface area contributed by atoms with Gasteiger partial charge in [0.05, 0.1) is 12.0 Å². The summed E-state index contributed by atoms with van der Waals surface area (Å²) in [7, 11) is 1.80. The van der Waals surface area contributed by atoms with Crippen molar-refractivity contribution in [3.8, 4) is 5.88 Å². The average Bonchev–Trinajstić information content (AvgIpc) is 2.66. The average molecular weight is 209 g/mol. The molecule has 0 fully saturated rings. The summed E-state index contributed by atoms with van der Waals surface area (Å²) in [5.41, 5.74) is 0. The van der Waals surface area contributed by atoms with Crippen LogP contribution in [0.5, 0.6) is 5.88 Å². The number of hydrogen-bond acceptors (Lipinski definition) is 5. The van der Waals surface area contributed by atoms with E-state index >= 15 is 0 Å². The molecule has 2 aromatic heterocycles. The topological polar surface area (TPSA) is 47.0 Å². The van der Waals surface area contributed by atoms with Crippen molar-refractivity contribution in [1.29, 1.82) is 0 Å².